The Kier molecular flexibility index (Phi) is 11.9. The van der Waals surface area contributed by atoms with E-state index in [1.54, 1.807) is 42.7 Å². The molecular formula is C16H34O6Si3. The van der Waals surface area contributed by atoms with E-state index in [2.05, 4.69) is 24.3 Å². The van der Waals surface area contributed by atoms with E-state index in [9.17, 15) is 0 Å². The number of rotatable bonds is 12. The van der Waals surface area contributed by atoms with Crippen molar-refractivity contribution in [1.82, 2.24) is 0 Å². The van der Waals surface area contributed by atoms with Gasteiger partial charge in [-0.25, -0.2) is 0 Å². The molecule has 0 aromatic heterocycles. The van der Waals surface area contributed by atoms with Crippen LogP contribution in [0.15, 0.2) is 24.3 Å². The van der Waals surface area contributed by atoms with Crippen molar-refractivity contribution in [3.05, 3.63) is 35.4 Å². The molecule has 1 aromatic rings. The van der Waals surface area contributed by atoms with Gasteiger partial charge in [-0.15, -0.1) is 0 Å². The Balaban J connectivity index is 0.00000576. The quantitative estimate of drug-likeness (QED) is 0.484. The zero-order chi connectivity index (χ0) is 18.1. The highest BCUT2D eigenvalue weighted by Crippen LogP contribution is 2.19. The van der Waals surface area contributed by atoms with Gasteiger partial charge in [0, 0.05) is 54.7 Å². The van der Waals surface area contributed by atoms with Crippen molar-refractivity contribution in [2.24, 2.45) is 0 Å². The van der Waals surface area contributed by atoms with E-state index in [4.69, 9.17) is 26.6 Å². The third-order valence-corrected chi connectivity index (χ3v) is 9.79. The third-order valence-electron chi connectivity index (χ3n) is 4.33. The van der Waals surface area contributed by atoms with E-state index >= 15 is 0 Å². The summed E-state index contributed by atoms with van der Waals surface area (Å²) in [5, 5.41) is 0. The fourth-order valence-electron chi connectivity index (χ4n) is 2.58. The molecule has 9 heteroatoms. The molecule has 0 unspecified atom stereocenters. The van der Waals surface area contributed by atoms with Gasteiger partial charge in [-0.1, -0.05) is 24.3 Å². The van der Waals surface area contributed by atoms with Gasteiger partial charge >= 0.3 is 17.6 Å². The van der Waals surface area contributed by atoms with Gasteiger partial charge in [0.2, 0.25) is 0 Å². The second-order valence-corrected chi connectivity index (χ2v) is 11.6. The summed E-state index contributed by atoms with van der Waals surface area (Å²) in [6, 6.07) is 10.0. The van der Waals surface area contributed by atoms with Crippen LogP contribution >= 0.6 is 0 Å². The minimum Gasteiger partial charge on any atom is -0.377 e. The SMILES string of the molecule is CO[Si](CCc1ccc(CC[Si](OC)(OC)OC)cc1)(OC)OC.[SiH4]. The number of benzene rings is 1. The monoisotopic (exact) mass is 406 g/mol. The lowest BCUT2D eigenvalue weighted by Gasteiger charge is -2.24. The molecule has 25 heavy (non-hydrogen) atoms. The number of hydrogen-bond donors (Lipinski definition) is 0. The average Bonchev–Trinajstić information content (AvgIpc) is 2.66. The van der Waals surface area contributed by atoms with Gasteiger partial charge in [0.15, 0.2) is 0 Å². The largest absolute Gasteiger partial charge is 0.500 e. The molecule has 0 aliphatic heterocycles. The van der Waals surface area contributed by atoms with Crippen LogP contribution in [0, 0.1) is 0 Å². The van der Waals surface area contributed by atoms with Crippen LogP contribution < -0.4 is 0 Å². The molecule has 1 rings (SSSR count). The van der Waals surface area contributed by atoms with Gasteiger partial charge in [-0.05, 0) is 34.9 Å². The molecule has 0 N–H and O–H groups in total. The Bertz CT molecular complexity index is 404. The first-order valence-corrected chi connectivity index (χ1v) is 11.8. The van der Waals surface area contributed by atoms with Crippen LogP contribution in [0.2, 0.25) is 12.1 Å². The minimum absolute atomic E-state index is 0. The summed E-state index contributed by atoms with van der Waals surface area (Å²) in [4.78, 5) is 0. The summed E-state index contributed by atoms with van der Waals surface area (Å²) in [6.45, 7) is 0. The summed E-state index contributed by atoms with van der Waals surface area (Å²) in [5.41, 5.74) is 2.46. The van der Waals surface area contributed by atoms with Crippen LogP contribution in [0.5, 0.6) is 0 Å². The maximum atomic E-state index is 5.45. The van der Waals surface area contributed by atoms with Gasteiger partial charge < -0.3 is 26.6 Å². The van der Waals surface area contributed by atoms with E-state index < -0.39 is 17.6 Å². The van der Waals surface area contributed by atoms with Crippen molar-refractivity contribution in [1.29, 1.82) is 0 Å². The molecule has 6 nitrogen and oxygen atoms in total. The highest BCUT2D eigenvalue weighted by atomic mass is 28.4. The zero-order valence-electron chi connectivity index (χ0n) is 15.6. The zero-order valence-corrected chi connectivity index (χ0v) is 17.6. The van der Waals surface area contributed by atoms with Crippen molar-refractivity contribution >= 4 is 28.6 Å². The van der Waals surface area contributed by atoms with Crippen molar-refractivity contribution in [3.8, 4) is 0 Å². The van der Waals surface area contributed by atoms with Crippen LogP contribution in [0.1, 0.15) is 11.1 Å². The minimum atomic E-state index is -2.51. The highest BCUT2D eigenvalue weighted by Gasteiger charge is 2.38. The second kappa shape index (κ2) is 12.1. The van der Waals surface area contributed by atoms with Gasteiger partial charge in [0.25, 0.3) is 0 Å². The Morgan fingerprint density at radius 3 is 1.00 bits per heavy atom. The highest BCUT2D eigenvalue weighted by molar-refractivity contribution is 6.60. The molecule has 0 aliphatic rings. The molecule has 0 fully saturated rings. The van der Waals surface area contributed by atoms with E-state index in [1.807, 2.05) is 0 Å². The number of aryl methyl sites for hydroxylation is 2. The van der Waals surface area contributed by atoms with Crippen molar-refractivity contribution in [3.63, 3.8) is 0 Å². The summed E-state index contributed by atoms with van der Waals surface area (Å²) < 4.78 is 32.7. The fourth-order valence-corrected chi connectivity index (χ4v) is 5.99. The summed E-state index contributed by atoms with van der Waals surface area (Å²) in [5.74, 6) is 0. The van der Waals surface area contributed by atoms with Gasteiger partial charge in [-0.3, -0.25) is 0 Å². The van der Waals surface area contributed by atoms with E-state index in [-0.39, 0.29) is 11.0 Å². The maximum Gasteiger partial charge on any atom is 0.500 e. The molecule has 146 valence electrons. The van der Waals surface area contributed by atoms with Crippen molar-refractivity contribution in [2.45, 2.75) is 24.9 Å². The lowest BCUT2D eigenvalue weighted by atomic mass is 10.1. The lowest BCUT2D eigenvalue weighted by molar-refractivity contribution is 0.123. The van der Waals surface area contributed by atoms with Gasteiger partial charge in [0.05, 0.1) is 0 Å². The Labute approximate surface area is 158 Å². The molecule has 0 heterocycles. The molecular weight excluding hydrogens is 372 g/mol. The molecule has 0 aliphatic carbocycles. The first kappa shape index (κ1) is 24.6. The smallest absolute Gasteiger partial charge is 0.377 e. The predicted molar refractivity (Wildman–Crippen MR) is 108 cm³/mol. The Morgan fingerprint density at radius 1 is 0.560 bits per heavy atom. The maximum absolute atomic E-state index is 5.45. The molecule has 0 atom stereocenters. The van der Waals surface area contributed by atoms with Crippen LogP contribution in [-0.2, 0) is 39.4 Å². The van der Waals surface area contributed by atoms with Crippen LogP contribution in [0.25, 0.3) is 0 Å². The van der Waals surface area contributed by atoms with Gasteiger partial charge in [-0.2, -0.15) is 0 Å². The Hall–Kier alpha value is -0.369. The fraction of sp³-hybridized carbons (Fsp3) is 0.625. The molecule has 0 bridgehead atoms. The first-order valence-electron chi connectivity index (χ1n) is 7.91. The molecule has 0 saturated carbocycles. The summed E-state index contributed by atoms with van der Waals surface area (Å²) in [6.07, 6.45) is 1.71. The van der Waals surface area contributed by atoms with Crippen molar-refractivity contribution in [2.75, 3.05) is 42.7 Å². The molecule has 1 aromatic carbocycles. The van der Waals surface area contributed by atoms with Gasteiger partial charge in [0.1, 0.15) is 0 Å². The number of hydrogen-bond acceptors (Lipinski definition) is 6. The predicted octanol–water partition coefficient (Wildman–Crippen LogP) is 1.08. The topological polar surface area (TPSA) is 55.4 Å². The van der Waals surface area contributed by atoms with E-state index in [1.165, 1.54) is 11.1 Å². The summed E-state index contributed by atoms with van der Waals surface area (Å²) >= 11 is 0. The van der Waals surface area contributed by atoms with Crippen molar-refractivity contribution < 1.29 is 26.6 Å². The molecule has 0 radical (unpaired) electrons. The van der Waals surface area contributed by atoms with E-state index in [0.29, 0.717) is 0 Å². The second-order valence-electron chi connectivity index (χ2n) is 5.41. The Morgan fingerprint density at radius 2 is 0.800 bits per heavy atom. The standard InChI is InChI=1S/C16H30O6Si2.H4Si/c1-17-23(18-2,19-3)13-11-15-7-9-16(10-8-15)12-14-24(20-4,21-5)22-6;/h7-10H,11-14H2,1-6H3;1H4. The first-order chi connectivity index (χ1) is 11.5. The third kappa shape index (κ3) is 7.04. The molecule has 0 amide bonds. The lowest BCUT2D eigenvalue weighted by Crippen LogP contribution is -2.43. The van der Waals surface area contributed by atoms with Crippen LogP contribution in [-0.4, -0.2) is 71.2 Å². The normalized spacial score (nSPS) is 12.1. The van der Waals surface area contributed by atoms with E-state index in [0.717, 1.165) is 24.9 Å². The summed E-state index contributed by atoms with van der Waals surface area (Å²) in [7, 11) is 4.81. The molecule has 0 spiro atoms. The van der Waals surface area contributed by atoms with Crippen LogP contribution in [0.3, 0.4) is 0 Å². The van der Waals surface area contributed by atoms with Crippen LogP contribution in [0.4, 0.5) is 0 Å². The molecule has 0 saturated heterocycles. The average molecular weight is 407 g/mol.